The highest BCUT2D eigenvalue weighted by molar-refractivity contribution is 5.99. The van der Waals surface area contributed by atoms with Gasteiger partial charge in [-0.25, -0.2) is 4.68 Å². The van der Waals surface area contributed by atoms with E-state index in [1.165, 1.54) is 30.0 Å². The van der Waals surface area contributed by atoms with Crippen LogP contribution in [-0.2, 0) is 11.8 Å². The maximum Gasteiger partial charge on any atom is 0.387 e. The van der Waals surface area contributed by atoms with Crippen LogP contribution in [0.3, 0.4) is 0 Å². The summed E-state index contributed by atoms with van der Waals surface area (Å²) in [7, 11) is 2.93. The normalized spacial score (nSPS) is 10.7. The standard InChI is InChI=1S/C22H22F2N4O5/c1-13-19(21(31)28(27(13)2)15-7-5-4-6-8-15)26-18(29)12-25-20(30)14-9-10-16(33-22(23)24)17(11-14)32-3/h4-11,22H,12H2,1-3H3,(H,25,30)(H,26,29). The molecule has 3 rings (SSSR count). The van der Waals surface area contributed by atoms with Crippen LogP contribution in [0, 0.1) is 6.92 Å². The van der Waals surface area contributed by atoms with Gasteiger partial charge in [-0.15, -0.1) is 0 Å². The van der Waals surface area contributed by atoms with E-state index in [9.17, 15) is 23.2 Å². The SMILES string of the molecule is COc1cc(C(=O)NCC(=O)Nc2c(C)n(C)n(-c3ccccc3)c2=O)ccc1OC(F)F. The van der Waals surface area contributed by atoms with E-state index in [1.54, 1.807) is 42.9 Å². The summed E-state index contributed by atoms with van der Waals surface area (Å²) in [5, 5.41) is 4.95. The van der Waals surface area contributed by atoms with E-state index in [0.717, 1.165) is 0 Å². The molecule has 0 spiro atoms. The molecule has 33 heavy (non-hydrogen) atoms. The largest absolute Gasteiger partial charge is 0.493 e. The minimum Gasteiger partial charge on any atom is -0.493 e. The molecule has 0 radical (unpaired) electrons. The Labute approximate surface area is 187 Å². The van der Waals surface area contributed by atoms with Crippen molar-refractivity contribution in [3.63, 3.8) is 0 Å². The van der Waals surface area contributed by atoms with E-state index in [0.29, 0.717) is 11.4 Å². The molecule has 0 saturated heterocycles. The van der Waals surface area contributed by atoms with Crippen molar-refractivity contribution in [3.05, 3.63) is 70.1 Å². The number of carbonyl (C=O) groups is 2. The van der Waals surface area contributed by atoms with Gasteiger partial charge in [0.2, 0.25) is 5.91 Å². The van der Waals surface area contributed by atoms with Crippen molar-refractivity contribution < 1.29 is 27.8 Å². The van der Waals surface area contributed by atoms with Gasteiger partial charge in [-0.3, -0.25) is 19.1 Å². The van der Waals surface area contributed by atoms with Gasteiger partial charge in [0.15, 0.2) is 11.5 Å². The van der Waals surface area contributed by atoms with Crippen molar-refractivity contribution in [1.29, 1.82) is 0 Å². The quantitative estimate of drug-likeness (QED) is 0.538. The van der Waals surface area contributed by atoms with Crippen LogP contribution >= 0.6 is 0 Å². The number of hydrogen-bond donors (Lipinski definition) is 2. The zero-order valence-electron chi connectivity index (χ0n) is 18.1. The minimum atomic E-state index is -3.05. The molecule has 174 valence electrons. The molecular weight excluding hydrogens is 438 g/mol. The second-order valence-corrected chi connectivity index (χ2v) is 6.91. The molecule has 0 atom stereocenters. The Morgan fingerprint density at radius 3 is 2.42 bits per heavy atom. The number of methoxy groups -OCH3 is 1. The molecule has 0 saturated carbocycles. The summed E-state index contributed by atoms with van der Waals surface area (Å²) in [6.07, 6.45) is 0. The molecule has 2 N–H and O–H groups in total. The van der Waals surface area contributed by atoms with Crippen LogP contribution in [-0.4, -0.2) is 41.4 Å². The maximum absolute atomic E-state index is 12.8. The van der Waals surface area contributed by atoms with Gasteiger partial charge in [0.25, 0.3) is 11.5 Å². The molecule has 0 aliphatic carbocycles. The zero-order chi connectivity index (χ0) is 24.1. The molecule has 11 heteroatoms. The lowest BCUT2D eigenvalue weighted by atomic mass is 10.2. The summed E-state index contributed by atoms with van der Waals surface area (Å²) < 4.78 is 37.2. The van der Waals surface area contributed by atoms with Crippen LogP contribution in [0.15, 0.2) is 53.3 Å². The van der Waals surface area contributed by atoms with Crippen molar-refractivity contribution >= 4 is 17.5 Å². The Balaban J connectivity index is 1.69. The van der Waals surface area contributed by atoms with E-state index >= 15 is 0 Å². The first-order chi connectivity index (χ1) is 15.7. The Bertz CT molecular complexity index is 1220. The van der Waals surface area contributed by atoms with E-state index < -0.39 is 30.5 Å². The molecule has 0 fully saturated rings. The first-order valence-electron chi connectivity index (χ1n) is 9.77. The van der Waals surface area contributed by atoms with Crippen LogP contribution in [0.25, 0.3) is 5.69 Å². The average Bonchev–Trinajstić information content (AvgIpc) is 3.01. The molecule has 1 heterocycles. The molecule has 1 aromatic heterocycles. The first-order valence-corrected chi connectivity index (χ1v) is 9.77. The average molecular weight is 460 g/mol. The van der Waals surface area contributed by atoms with Crippen LogP contribution in [0.5, 0.6) is 11.5 Å². The molecule has 0 aliphatic rings. The highest BCUT2D eigenvalue weighted by atomic mass is 19.3. The highest BCUT2D eigenvalue weighted by Crippen LogP contribution is 2.29. The predicted octanol–water partition coefficient (Wildman–Crippen LogP) is 2.46. The summed E-state index contributed by atoms with van der Waals surface area (Å²) >= 11 is 0. The fourth-order valence-electron chi connectivity index (χ4n) is 3.16. The minimum absolute atomic E-state index is 0.0613. The smallest absolute Gasteiger partial charge is 0.387 e. The number of benzene rings is 2. The number of para-hydroxylation sites is 1. The molecule has 9 nitrogen and oxygen atoms in total. The second kappa shape index (κ2) is 9.98. The lowest BCUT2D eigenvalue weighted by molar-refractivity contribution is -0.115. The van der Waals surface area contributed by atoms with Gasteiger partial charge >= 0.3 is 6.61 Å². The number of rotatable bonds is 8. The number of anilines is 1. The molecular formula is C22H22F2N4O5. The second-order valence-electron chi connectivity index (χ2n) is 6.91. The Morgan fingerprint density at radius 1 is 1.09 bits per heavy atom. The van der Waals surface area contributed by atoms with E-state index in [4.69, 9.17) is 4.74 Å². The predicted molar refractivity (Wildman–Crippen MR) is 116 cm³/mol. The topological polar surface area (TPSA) is 104 Å². The van der Waals surface area contributed by atoms with Crippen molar-refractivity contribution in [1.82, 2.24) is 14.7 Å². The lowest BCUT2D eigenvalue weighted by Crippen LogP contribution is -2.34. The number of halogens is 2. The monoisotopic (exact) mass is 460 g/mol. The third-order valence-electron chi connectivity index (χ3n) is 4.87. The molecule has 0 aliphatic heterocycles. The Hall–Kier alpha value is -4.15. The van der Waals surface area contributed by atoms with Crippen molar-refractivity contribution in [2.45, 2.75) is 13.5 Å². The Morgan fingerprint density at radius 2 is 1.79 bits per heavy atom. The van der Waals surface area contributed by atoms with Crippen LogP contribution in [0.2, 0.25) is 0 Å². The summed E-state index contributed by atoms with van der Waals surface area (Å²) in [6.45, 7) is -1.78. The lowest BCUT2D eigenvalue weighted by Gasteiger charge is -2.11. The highest BCUT2D eigenvalue weighted by Gasteiger charge is 2.19. The van der Waals surface area contributed by atoms with E-state index in [2.05, 4.69) is 15.4 Å². The summed E-state index contributed by atoms with van der Waals surface area (Å²) in [4.78, 5) is 37.6. The number of amides is 2. The van der Waals surface area contributed by atoms with Crippen LogP contribution < -0.4 is 25.7 Å². The number of hydrogen-bond acceptors (Lipinski definition) is 5. The van der Waals surface area contributed by atoms with Crippen LogP contribution in [0.4, 0.5) is 14.5 Å². The van der Waals surface area contributed by atoms with Gasteiger partial charge in [0.1, 0.15) is 5.69 Å². The van der Waals surface area contributed by atoms with Gasteiger partial charge in [-0.05, 0) is 37.3 Å². The molecule has 2 aromatic carbocycles. The number of carbonyl (C=O) groups excluding carboxylic acids is 2. The molecule has 3 aromatic rings. The van der Waals surface area contributed by atoms with Crippen LogP contribution in [0.1, 0.15) is 16.1 Å². The number of alkyl halides is 2. The number of nitrogens with zero attached hydrogens (tertiary/aromatic N) is 2. The van der Waals surface area contributed by atoms with Crippen molar-refractivity contribution in [3.8, 4) is 17.2 Å². The zero-order valence-corrected chi connectivity index (χ0v) is 18.1. The fraction of sp³-hybridized carbons (Fsp3) is 0.227. The van der Waals surface area contributed by atoms with Crippen molar-refractivity contribution in [2.75, 3.05) is 19.0 Å². The van der Waals surface area contributed by atoms with E-state index in [-0.39, 0.29) is 22.7 Å². The number of nitrogens with one attached hydrogen (secondary N) is 2. The third kappa shape index (κ3) is 5.20. The fourth-order valence-corrected chi connectivity index (χ4v) is 3.16. The molecule has 0 unspecified atom stereocenters. The first kappa shape index (κ1) is 23.5. The Kier molecular flexibility index (Phi) is 7.11. The van der Waals surface area contributed by atoms with E-state index in [1.807, 2.05) is 6.07 Å². The summed E-state index contributed by atoms with van der Waals surface area (Å²) in [5.74, 6) is -1.54. The molecule has 2 amide bonds. The van der Waals surface area contributed by atoms with Gasteiger partial charge in [0.05, 0.1) is 25.0 Å². The molecule has 0 bridgehead atoms. The number of ether oxygens (including phenoxy) is 2. The summed E-state index contributed by atoms with van der Waals surface area (Å²) in [5.41, 5.74) is 0.914. The van der Waals surface area contributed by atoms with Gasteiger partial charge in [0, 0.05) is 12.6 Å². The van der Waals surface area contributed by atoms with Gasteiger partial charge in [-0.1, -0.05) is 18.2 Å². The van der Waals surface area contributed by atoms with Crippen molar-refractivity contribution in [2.24, 2.45) is 7.05 Å². The number of aromatic nitrogens is 2. The van der Waals surface area contributed by atoms with Gasteiger partial charge in [-0.2, -0.15) is 8.78 Å². The summed E-state index contributed by atoms with van der Waals surface area (Å²) in [6, 6.07) is 12.6. The third-order valence-corrected chi connectivity index (χ3v) is 4.87. The van der Waals surface area contributed by atoms with Gasteiger partial charge < -0.3 is 20.1 Å². The maximum atomic E-state index is 12.8.